The molecule has 1 rings (SSSR count). The van der Waals surface area contributed by atoms with Crippen LogP contribution in [0.3, 0.4) is 0 Å². The van der Waals surface area contributed by atoms with Crippen molar-refractivity contribution < 1.29 is 0 Å². The van der Waals surface area contributed by atoms with Gasteiger partial charge in [0.15, 0.2) is 0 Å². The van der Waals surface area contributed by atoms with Gasteiger partial charge in [0.05, 0.1) is 0 Å². The third-order valence-corrected chi connectivity index (χ3v) is 5.94. The van der Waals surface area contributed by atoms with E-state index in [1.54, 1.807) is 11.1 Å². The van der Waals surface area contributed by atoms with Crippen LogP contribution in [0.4, 0.5) is 0 Å². The molecule has 0 nitrogen and oxygen atoms in total. The number of hydrogen-bond acceptors (Lipinski definition) is 0. The molecule has 0 aromatic heterocycles. The van der Waals surface area contributed by atoms with Crippen molar-refractivity contribution in [3.8, 4) is 0 Å². The molecule has 0 fully saturated rings. The van der Waals surface area contributed by atoms with Gasteiger partial charge in [0.25, 0.3) is 0 Å². The van der Waals surface area contributed by atoms with Crippen molar-refractivity contribution in [3.05, 3.63) is 66.8 Å². The summed E-state index contributed by atoms with van der Waals surface area (Å²) < 4.78 is 0. The minimum Gasteiger partial charge on any atom is -0.103 e. The van der Waals surface area contributed by atoms with Gasteiger partial charge in [-0.1, -0.05) is 107 Å². The maximum Gasteiger partial charge on any atom is -0.0126 e. The molecule has 1 aromatic rings. The van der Waals surface area contributed by atoms with Gasteiger partial charge in [-0.05, 0) is 67.9 Å². The molecule has 0 bridgehead atoms. The monoisotopic (exact) mass is 408 g/mol. The Balaban J connectivity index is 2.65. The second-order valence-corrected chi connectivity index (χ2v) is 9.78. The first-order chi connectivity index (χ1) is 14.5. The molecular weight excluding hydrogens is 360 g/mol. The standard InChI is InChI=1S/C30H48/c1-6-8-10-12-13-14-15-16-17-20-24-27(23-19-11-9-7-2)29(30(3,4)5)28-25-21-18-22-26-28/h6-7,18,21-22,25-26H,1-2,8-17,19-20,23-24H2,3-5H3. The maximum absolute atomic E-state index is 3.89. The molecule has 0 radical (unpaired) electrons. The van der Waals surface area contributed by atoms with Gasteiger partial charge in [-0.15, -0.1) is 13.2 Å². The van der Waals surface area contributed by atoms with Crippen LogP contribution in [0.15, 0.2) is 61.2 Å². The van der Waals surface area contributed by atoms with Crippen molar-refractivity contribution in [1.29, 1.82) is 0 Å². The van der Waals surface area contributed by atoms with E-state index in [1.807, 2.05) is 6.08 Å². The van der Waals surface area contributed by atoms with Crippen LogP contribution in [0.2, 0.25) is 0 Å². The van der Waals surface area contributed by atoms with Crippen LogP contribution >= 0.6 is 0 Å². The molecule has 0 saturated heterocycles. The van der Waals surface area contributed by atoms with Crippen molar-refractivity contribution in [2.45, 2.75) is 111 Å². The summed E-state index contributed by atoms with van der Waals surface area (Å²) >= 11 is 0. The van der Waals surface area contributed by atoms with E-state index in [0.717, 1.165) is 6.42 Å². The summed E-state index contributed by atoms with van der Waals surface area (Å²) in [5, 5.41) is 0. The quantitative estimate of drug-likeness (QED) is 0.177. The molecule has 0 N–H and O–H groups in total. The molecule has 0 heterocycles. The summed E-state index contributed by atoms with van der Waals surface area (Å²) in [4.78, 5) is 0. The van der Waals surface area contributed by atoms with E-state index in [0.29, 0.717) is 0 Å². The van der Waals surface area contributed by atoms with E-state index >= 15 is 0 Å². The second kappa shape index (κ2) is 16.2. The Bertz CT molecular complexity index is 597. The van der Waals surface area contributed by atoms with Crippen LogP contribution in [0.1, 0.15) is 116 Å². The molecule has 0 heteroatoms. The van der Waals surface area contributed by atoms with E-state index < -0.39 is 0 Å². The lowest BCUT2D eigenvalue weighted by molar-refractivity contribution is 0.545. The van der Waals surface area contributed by atoms with Crippen LogP contribution in [0.25, 0.3) is 5.57 Å². The Hall–Kier alpha value is -1.56. The minimum absolute atomic E-state index is 0.181. The lowest BCUT2D eigenvalue weighted by atomic mass is 9.77. The van der Waals surface area contributed by atoms with Gasteiger partial charge >= 0.3 is 0 Å². The summed E-state index contributed by atoms with van der Waals surface area (Å²) in [6, 6.07) is 11.1. The molecule has 0 unspecified atom stereocenters. The topological polar surface area (TPSA) is 0 Å². The minimum atomic E-state index is 0.181. The zero-order valence-corrected chi connectivity index (χ0v) is 20.4. The third kappa shape index (κ3) is 11.6. The van der Waals surface area contributed by atoms with Gasteiger partial charge in [-0.25, -0.2) is 0 Å². The largest absolute Gasteiger partial charge is 0.103 e. The van der Waals surface area contributed by atoms with E-state index in [1.165, 1.54) is 89.0 Å². The van der Waals surface area contributed by atoms with Crippen molar-refractivity contribution in [2.75, 3.05) is 0 Å². The highest BCUT2D eigenvalue weighted by Crippen LogP contribution is 2.39. The van der Waals surface area contributed by atoms with Crippen LogP contribution < -0.4 is 0 Å². The number of hydrogen-bond donors (Lipinski definition) is 0. The molecule has 0 saturated carbocycles. The first kappa shape index (κ1) is 26.5. The summed E-state index contributed by atoms with van der Waals surface area (Å²) in [6.45, 7) is 14.8. The Morgan fingerprint density at radius 2 is 1.10 bits per heavy atom. The van der Waals surface area contributed by atoms with Gasteiger partial charge in [-0.3, -0.25) is 0 Å². The fourth-order valence-corrected chi connectivity index (χ4v) is 4.46. The summed E-state index contributed by atoms with van der Waals surface area (Å²) in [6.07, 6.45) is 22.4. The van der Waals surface area contributed by atoms with Crippen LogP contribution in [0.5, 0.6) is 0 Å². The van der Waals surface area contributed by atoms with Gasteiger partial charge < -0.3 is 0 Å². The SMILES string of the molecule is C=CCCCCCCCCCCC(CCCCC=C)=C(c1ccccc1)C(C)(C)C. The smallest absolute Gasteiger partial charge is 0.0126 e. The molecule has 0 aliphatic carbocycles. The maximum atomic E-state index is 3.89. The average Bonchev–Trinajstić information content (AvgIpc) is 2.72. The van der Waals surface area contributed by atoms with E-state index in [9.17, 15) is 0 Å². The molecule has 0 amide bonds. The van der Waals surface area contributed by atoms with E-state index in [4.69, 9.17) is 0 Å². The Labute approximate surface area is 188 Å². The van der Waals surface area contributed by atoms with E-state index in [-0.39, 0.29) is 5.41 Å². The molecule has 1 aromatic carbocycles. The number of allylic oxidation sites excluding steroid dienone is 4. The molecule has 168 valence electrons. The number of benzene rings is 1. The molecule has 0 aliphatic heterocycles. The molecule has 0 aliphatic rings. The normalized spacial score (nSPS) is 12.5. The fourth-order valence-electron chi connectivity index (χ4n) is 4.46. The summed E-state index contributed by atoms with van der Waals surface area (Å²) in [5.74, 6) is 0. The average molecular weight is 409 g/mol. The summed E-state index contributed by atoms with van der Waals surface area (Å²) in [7, 11) is 0. The number of rotatable bonds is 17. The second-order valence-electron chi connectivity index (χ2n) is 9.78. The van der Waals surface area contributed by atoms with Crippen molar-refractivity contribution in [3.63, 3.8) is 0 Å². The van der Waals surface area contributed by atoms with Gasteiger partial charge in [-0.2, -0.15) is 0 Å². The van der Waals surface area contributed by atoms with Gasteiger partial charge in [0.2, 0.25) is 0 Å². The molecular formula is C30H48. The zero-order chi connectivity index (χ0) is 22.1. The fraction of sp³-hybridized carbons (Fsp3) is 0.600. The first-order valence-electron chi connectivity index (χ1n) is 12.5. The van der Waals surface area contributed by atoms with Crippen LogP contribution in [-0.2, 0) is 0 Å². The van der Waals surface area contributed by atoms with Gasteiger partial charge in [0, 0.05) is 0 Å². The lowest BCUT2D eigenvalue weighted by Gasteiger charge is -2.28. The highest BCUT2D eigenvalue weighted by Gasteiger charge is 2.22. The number of unbranched alkanes of at least 4 members (excludes halogenated alkanes) is 10. The van der Waals surface area contributed by atoms with Crippen LogP contribution in [0, 0.1) is 5.41 Å². The van der Waals surface area contributed by atoms with Gasteiger partial charge in [0.1, 0.15) is 0 Å². The Kier molecular flexibility index (Phi) is 14.3. The predicted molar refractivity (Wildman–Crippen MR) is 138 cm³/mol. The Morgan fingerprint density at radius 1 is 0.667 bits per heavy atom. The molecule has 30 heavy (non-hydrogen) atoms. The molecule has 0 spiro atoms. The molecule has 0 atom stereocenters. The van der Waals surface area contributed by atoms with E-state index in [2.05, 4.69) is 70.3 Å². The predicted octanol–water partition coefficient (Wildman–Crippen LogP) is 10.3. The highest BCUT2D eigenvalue weighted by atomic mass is 14.3. The zero-order valence-electron chi connectivity index (χ0n) is 20.4. The first-order valence-corrected chi connectivity index (χ1v) is 12.5. The van der Waals surface area contributed by atoms with Crippen molar-refractivity contribution in [2.24, 2.45) is 5.41 Å². The third-order valence-electron chi connectivity index (χ3n) is 5.94. The Morgan fingerprint density at radius 3 is 1.60 bits per heavy atom. The van der Waals surface area contributed by atoms with Crippen molar-refractivity contribution in [1.82, 2.24) is 0 Å². The summed E-state index contributed by atoms with van der Waals surface area (Å²) in [5.41, 5.74) is 4.88. The van der Waals surface area contributed by atoms with Crippen LogP contribution in [-0.4, -0.2) is 0 Å². The highest BCUT2D eigenvalue weighted by molar-refractivity contribution is 5.72. The lowest BCUT2D eigenvalue weighted by Crippen LogP contribution is -2.12. The van der Waals surface area contributed by atoms with Crippen molar-refractivity contribution >= 4 is 5.57 Å².